The lowest BCUT2D eigenvalue weighted by Gasteiger charge is -2.31. The van der Waals surface area contributed by atoms with E-state index in [2.05, 4.69) is 15.2 Å². The van der Waals surface area contributed by atoms with Crippen LogP contribution in [-0.2, 0) is 4.74 Å². The van der Waals surface area contributed by atoms with Gasteiger partial charge in [-0.15, -0.1) is 11.3 Å². The third kappa shape index (κ3) is 4.27. The molecule has 0 bridgehead atoms. The molecule has 1 aromatic heterocycles. The minimum atomic E-state index is 0.0474. The number of piperidine rings is 1. The second-order valence-corrected chi connectivity index (χ2v) is 7.39. The highest BCUT2D eigenvalue weighted by atomic mass is 32.1. The van der Waals surface area contributed by atoms with Crippen molar-refractivity contribution in [2.45, 2.75) is 31.6 Å². The highest BCUT2D eigenvalue weighted by molar-refractivity contribution is 7.13. The van der Waals surface area contributed by atoms with Gasteiger partial charge in [-0.05, 0) is 44.7 Å². The number of amides is 1. The Labute approximate surface area is 136 Å². The van der Waals surface area contributed by atoms with Gasteiger partial charge in [0.2, 0.25) is 0 Å². The summed E-state index contributed by atoms with van der Waals surface area (Å²) in [5, 5.41) is 4.22. The van der Waals surface area contributed by atoms with Gasteiger partial charge < -0.3 is 15.0 Å². The third-order valence-electron chi connectivity index (χ3n) is 4.54. The van der Waals surface area contributed by atoms with Gasteiger partial charge in [-0.2, -0.15) is 0 Å². The summed E-state index contributed by atoms with van der Waals surface area (Å²) in [6.07, 6.45) is 6.51. The van der Waals surface area contributed by atoms with E-state index in [0.29, 0.717) is 11.8 Å². The fourth-order valence-electron chi connectivity index (χ4n) is 2.87. The summed E-state index contributed by atoms with van der Waals surface area (Å²) in [7, 11) is 1.75. The molecule has 0 atom stereocenters. The highest BCUT2D eigenvalue weighted by Crippen LogP contribution is 2.41. The van der Waals surface area contributed by atoms with Crippen LogP contribution in [0.1, 0.15) is 46.3 Å². The number of rotatable bonds is 7. The van der Waals surface area contributed by atoms with Gasteiger partial charge in [0.15, 0.2) is 0 Å². The summed E-state index contributed by atoms with van der Waals surface area (Å²) in [5.41, 5.74) is 0. The van der Waals surface area contributed by atoms with Gasteiger partial charge in [-0.25, -0.2) is 4.98 Å². The van der Waals surface area contributed by atoms with Crippen molar-refractivity contribution < 1.29 is 9.53 Å². The Kier molecular flexibility index (Phi) is 5.44. The maximum atomic E-state index is 12.2. The van der Waals surface area contributed by atoms with Gasteiger partial charge in [-0.3, -0.25) is 4.79 Å². The summed E-state index contributed by atoms with van der Waals surface area (Å²) in [6.45, 7) is 4.82. The number of methoxy groups -OCH3 is 1. The molecule has 122 valence electrons. The maximum Gasteiger partial charge on any atom is 0.263 e. The summed E-state index contributed by atoms with van der Waals surface area (Å²) in [6, 6.07) is 0. The molecule has 1 aliphatic heterocycles. The third-order valence-corrected chi connectivity index (χ3v) is 5.70. The highest BCUT2D eigenvalue weighted by Gasteiger charge is 2.27. The molecule has 1 aromatic rings. The topological polar surface area (TPSA) is 54.5 Å². The Balaban J connectivity index is 1.38. The molecular weight excluding hydrogens is 298 g/mol. The van der Waals surface area contributed by atoms with Crippen LogP contribution in [0.15, 0.2) is 6.20 Å². The number of carbonyl (C=O) groups excluding carboxylic acids is 1. The fraction of sp³-hybridized carbons (Fsp3) is 0.750. The molecular formula is C16H25N3O2S. The number of likely N-dealkylation sites (tertiary alicyclic amines) is 1. The van der Waals surface area contributed by atoms with E-state index in [1.165, 1.54) is 12.8 Å². The summed E-state index contributed by atoms with van der Waals surface area (Å²) in [4.78, 5) is 19.8. The van der Waals surface area contributed by atoms with Crippen LogP contribution >= 0.6 is 11.3 Å². The van der Waals surface area contributed by atoms with E-state index < -0.39 is 0 Å². The largest absolute Gasteiger partial charge is 0.383 e. The van der Waals surface area contributed by atoms with Gasteiger partial charge in [0.05, 0.1) is 17.8 Å². The molecule has 5 nitrogen and oxygen atoms in total. The van der Waals surface area contributed by atoms with Crippen LogP contribution in [0.3, 0.4) is 0 Å². The first-order valence-corrected chi connectivity index (χ1v) is 9.03. The van der Waals surface area contributed by atoms with Gasteiger partial charge in [-0.1, -0.05) is 0 Å². The molecule has 3 rings (SSSR count). The second kappa shape index (κ2) is 7.53. The molecule has 22 heavy (non-hydrogen) atoms. The Morgan fingerprint density at radius 2 is 2.18 bits per heavy atom. The van der Waals surface area contributed by atoms with Crippen molar-refractivity contribution in [1.29, 1.82) is 0 Å². The second-order valence-electron chi connectivity index (χ2n) is 6.32. The first-order chi connectivity index (χ1) is 10.8. The van der Waals surface area contributed by atoms with Crippen LogP contribution in [-0.4, -0.2) is 55.7 Å². The zero-order valence-electron chi connectivity index (χ0n) is 13.2. The summed E-state index contributed by atoms with van der Waals surface area (Å²) >= 11 is 1.56. The molecule has 0 unspecified atom stereocenters. The quantitative estimate of drug-likeness (QED) is 0.835. The molecule has 1 aliphatic carbocycles. The van der Waals surface area contributed by atoms with Crippen molar-refractivity contribution in [2.75, 3.05) is 39.9 Å². The predicted octanol–water partition coefficient (Wildman–Crippen LogP) is 2.11. The molecule has 1 N–H and O–H groups in total. The minimum Gasteiger partial charge on any atom is -0.383 e. The number of aromatic nitrogens is 1. The van der Waals surface area contributed by atoms with E-state index in [4.69, 9.17) is 4.74 Å². The Morgan fingerprint density at radius 1 is 1.41 bits per heavy atom. The average Bonchev–Trinajstić information content (AvgIpc) is 3.28. The number of thiazole rings is 1. The molecule has 2 fully saturated rings. The summed E-state index contributed by atoms with van der Waals surface area (Å²) < 4.78 is 5.12. The number of hydrogen-bond acceptors (Lipinski definition) is 5. The summed E-state index contributed by atoms with van der Waals surface area (Å²) in [5.74, 6) is 1.27. The van der Waals surface area contributed by atoms with Gasteiger partial charge in [0, 0.05) is 26.1 Å². The monoisotopic (exact) mass is 323 g/mol. The zero-order valence-corrected chi connectivity index (χ0v) is 14.0. The van der Waals surface area contributed by atoms with E-state index in [1.54, 1.807) is 24.6 Å². The van der Waals surface area contributed by atoms with E-state index in [9.17, 15) is 4.79 Å². The van der Waals surface area contributed by atoms with Crippen molar-refractivity contribution in [3.63, 3.8) is 0 Å². The molecule has 1 saturated heterocycles. The number of nitrogens with zero attached hydrogens (tertiary/aromatic N) is 2. The van der Waals surface area contributed by atoms with E-state index in [-0.39, 0.29) is 5.91 Å². The predicted molar refractivity (Wildman–Crippen MR) is 87.5 cm³/mol. The molecule has 2 heterocycles. The van der Waals surface area contributed by atoms with Crippen LogP contribution in [0, 0.1) is 5.92 Å². The molecule has 2 aliphatic rings. The number of nitrogens with one attached hydrogen (secondary N) is 1. The molecule has 0 spiro atoms. The van der Waals surface area contributed by atoms with Crippen LogP contribution in [0.2, 0.25) is 0 Å². The zero-order chi connectivity index (χ0) is 15.4. The first kappa shape index (κ1) is 15.9. The average molecular weight is 323 g/mol. The number of hydrogen-bond donors (Lipinski definition) is 1. The number of carbonyl (C=O) groups is 1. The van der Waals surface area contributed by atoms with Gasteiger partial charge in [0.25, 0.3) is 5.91 Å². The smallest absolute Gasteiger partial charge is 0.263 e. The van der Waals surface area contributed by atoms with Crippen molar-refractivity contribution in [3.8, 4) is 0 Å². The van der Waals surface area contributed by atoms with Gasteiger partial charge in [0.1, 0.15) is 4.88 Å². The maximum absolute atomic E-state index is 12.2. The molecule has 1 saturated carbocycles. The first-order valence-electron chi connectivity index (χ1n) is 8.21. The molecule has 6 heteroatoms. The van der Waals surface area contributed by atoms with E-state index >= 15 is 0 Å². The van der Waals surface area contributed by atoms with E-state index in [0.717, 1.165) is 55.5 Å². The van der Waals surface area contributed by atoms with E-state index in [1.807, 2.05) is 0 Å². The van der Waals surface area contributed by atoms with Crippen molar-refractivity contribution in [1.82, 2.24) is 15.2 Å². The normalized spacial score (nSPS) is 20.2. The minimum absolute atomic E-state index is 0.0474. The lowest BCUT2D eigenvalue weighted by atomic mass is 9.97. The molecule has 0 radical (unpaired) electrons. The molecule has 0 aromatic carbocycles. The number of ether oxygens (including phenoxy) is 1. The fourth-order valence-corrected chi connectivity index (χ4v) is 3.87. The lowest BCUT2D eigenvalue weighted by molar-refractivity contribution is 0.0929. The SMILES string of the molecule is COCCN1CCC(CNC(=O)c2cnc(C3CC3)s2)CC1. The Bertz CT molecular complexity index is 493. The lowest BCUT2D eigenvalue weighted by Crippen LogP contribution is -2.39. The standard InChI is InChI=1S/C16H25N3O2S/c1-21-9-8-19-6-4-12(5-7-19)10-17-15(20)14-11-18-16(22-14)13-2-3-13/h11-13H,2-10H2,1H3,(H,17,20). The van der Waals surface area contributed by atoms with Crippen molar-refractivity contribution in [2.24, 2.45) is 5.92 Å². The van der Waals surface area contributed by atoms with Crippen molar-refractivity contribution in [3.05, 3.63) is 16.1 Å². The Morgan fingerprint density at radius 3 is 2.86 bits per heavy atom. The molecule has 1 amide bonds. The van der Waals surface area contributed by atoms with Crippen LogP contribution < -0.4 is 5.32 Å². The van der Waals surface area contributed by atoms with Crippen molar-refractivity contribution >= 4 is 17.2 Å². The van der Waals surface area contributed by atoms with Crippen LogP contribution in [0.25, 0.3) is 0 Å². The Hall–Kier alpha value is -0.980. The van der Waals surface area contributed by atoms with Crippen LogP contribution in [0.4, 0.5) is 0 Å². The van der Waals surface area contributed by atoms with Crippen LogP contribution in [0.5, 0.6) is 0 Å². The van der Waals surface area contributed by atoms with Gasteiger partial charge >= 0.3 is 0 Å².